The molecule has 18 heavy (non-hydrogen) atoms. The van der Waals surface area contributed by atoms with Crippen molar-refractivity contribution in [2.75, 3.05) is 19.7 Å². The number of nitrogens with one attached hydrogen (secondary N) is 1. The Labute approximate surface area is 111 Å². The average Bonchev–Trinajstić information content (AvgIpc) is 2.34. The van der Waals surface area contributed by atoms with Crippen molar-refractivity contribution in [1.82, 2.24) is 10.2 Å². The molecule has 0 aliphatic carbocycles. The van der Waals surface area contributed by atoms with Gasteiger partial charge in [-0.25, -0.2) is 0 Å². The topological polar surface area (TPSA) is 41.6 Å². The van der Waals surface area contributed by atoms with Gasteiger partial charge in [0.05, 0.1) is 6.10 Å². The first kappa shape index (κ1) is 15.4. The highest BCUT2D eigenvalue weighted by Gasteiger charge is 2.22. The van der Waals surface area contributed by atoms with Crippen LogP contribution in [0.3, 0.4) is 0 Å². The number of carbonyl (C=O) groups is 1. The number of amides is 1. The summed E-state index contributed by atoms with van der Waals surface area (Å²) in [6.07, 6.45) is 3.79. The molecule has 0 bridgehead atoms. The summed E-state index contributed by atoms with van der Waals surface area (Å²) < 4.78 is 5.41. The molecule has 1 atom stereocenters. The average molecular weight is 256 g/mol. The van der Waals surface area contributed by atoms with E-state index in [1.54, 1.807) is 0 Å². The van der Waals surface area contributed by atoms with E-state index in [0.29, 0.717) is 6.04 Å². The van der Waals surface area contributed by atoms with Crippen LogP contribution in [-0.2, 0) is 9.53 Å². The van der Waals surface area contributed by atoms with Crippen LogP contribution in [0.5, 0.6) is 0 Å². The second kappa shape index (κ2) is 7.74. The molecule has 0 spiro atoms. The molecule has 0 aromatic rings. The lowest BCUT2D eigenvalue weighted by molar-refractivity contribution is -0.139. The molecule has 1 aliphatic heterocycles. The van der Waals surface area contributed by atoms with Gasteiger partial charge in [0.15, 0.2) is 0 Å². The first-order chi connectivity index (χ1) is 8.50. The lowest BCUT2D eigenvalue weighted by atomic mass is 10.0. The maximum atomic E-state index is 12.1. The number of nitrogens with zero attached hydrogens (tertiary/aromatic N) is 1. The molecule has 1 heterocycles. The first-order valence-electron chi connectivity index (χ1n) is 7.15. The Bertz CT molecular complexity index is 248. The summed E-state index contributed by atoms with van der Waals surface area (Å²) in [7, 11) is 0. The van der Waals surface area contributed by atoms with Crippen molar-refractivity contribution in [3.05, 3.63) is 0 Å². The predicted molar refractivity (Wildman–Crippen MR) is 73.6 cm³/mol. The van der Waals surface area contributed by atoms with Crippen LogP contribution < -0.4 is 5.32 Å². The maximum absolute atomic E-state index is 12.1. The summed E-state index contributed by atoms with van der Waals surface area (Å²) in [5, 5.41) is 3.49. The Morgan fingerprint density at radius 1 is 1.33 bits per heavy atom. The van der Waals surface area contributed by atoms with E-state index in [-0.39, 0.29) is 24.7 Å². The lowest BCUT2D eigenvalue weighted by Gasteiger charge is -2.33. The number of hydrogen-bond donors (Lipinski definition) is 1. The number of piperidine rings is 1. The van der Waals surface area contributed by atoms with Crippen LogP contribution in [0, 0.1) is 0 Å². The monoisotopic (exact) mass is 256 g/mol. The molecule has 1 amide bonds. The quantitative estimate of drug-likeness (QED) is 0.788. The molecular weight excluding hydrogens is 228 g/mol. The Kier molecular flexibility index (Phi) is 6.65. The number of ether oxygens (including phenoxy) is 1. The minimum absolute atomic E-state index is 0.103. The fourth-order valence-electron chi connectivity index (χ4n) is 2.24. The van der Waals surface area contributed by atoms with Crippen molar-refractivity contribution in [3.63, 3.8) is 0 Å². The molecule has 1 rings (SSSR count). The summed E-state index contributed by atoms with van der Waals surface area (Å²) in [6.45, 7) is 10.1. The van der Waals surface area contributed by atoms with E-state index in [4.69, 9.17) is 4.74 Å². The Hall–Kier alpha value is -0.610. The number of hydrogen-bond acceptors (Lipinski definition) is 3. The van der Waals surface area contributed by atoms with Crippen molar-refractivity contribution in [2.45, 2.75) is 65.1 Å². The van der Waals surface area contributed by atoms with E-state index in [1.165, 1.54) is 19.3 Å². The fraction of sp³-hybridized carbons (Fsp3) is 0.929. The Morgan fingerprint density at radius 2 is 2.06 bits per heavy atom. The van der Waals surface area contributed by atoms with Crippen LogP contribution >= 0.6 is 0 Å². The standard InChI is InChI=1S/C14H28N2O2/c1-11(2)16(14(17)10-18-12(3)4)9-13-7-5-6-8-15-13/h11-13,15H,5-10H2,1-4H3. The molecule has 0 radical (unpaired) electrons. The van der Waals surface area contributed by atoms with E-state index in [0.717, 1.165) is 13.1 Å². The predicted octanol–water partition coefficient (Wildman–Crippen LogP) is 1.79. The minimum atomic E-state index is 0.103. The smallest absolute Gasteiger partial charge is 0.248 e. The van der Waals surface area contributed by atoms with E-state index >= 15 is 0 Å². The molecule has 4 heteroatoms. The van der Waals surface area contributed by atoms with Crippen molar-refractivity contribution >= 4 is 5.91 Å². The van der Waals surface area contributed by atoms with E-state index in [9.17, 15) is 4.79 Å². The molecule has 0 aromatic carbocycles. The molecule has 1 unspecified atom stereocenters. The molecule has 1 N–H and O–H groups in total. The highest BCUT2D eigenvalue weighted by atomic mass is 16.5. The largest absolute Gasteiger partial charge is 0.369 e. The number of rotatable bonds is 6. The van der Waals surface area contributed by atoms with Crippen LogP contribution in [0.25, 0.3) is 0 Å². The highest BCUT2D eigenvalue weighted by Crippen LogP contribution is 2.11. The van der Waals surface area contributed by atoms with Gasteiger partial charge in [0, 0.05) is 18.6 Å². The molecular formula is C14H28N2O2. The van der Waals surface area contributed by atoms with Gasteiger partial charge in [-0.2, -0.15) is 0 Å². The second-order valence-corrected chi connectivity index (χ2v) is 5.65. The van der Waals surface area contributed by atoms with Crippen molar-refractivity contribution < 1.29 is 9.53 Å². The minimum Gasteiger partial charge on any atom is -0.369 e. The lowest BCUT2D eigenvalue weighted by Crippen LogP contribution is -2.49. The van der Waals surface area contributed by atoms with Gasteiger partial charge in [-0.1, -0.05) is 6.42 Å². The summed E-state index contributed by atoms with van der Waals surface area (Å²) in [4.78, 5) is 14.1. The van der Waals surface area contributed by atoms with Crippen LogP contribution in [0.4, 0.5) is 0 Å². The third-order valence-corrected chi connectivity index (χ3v) is 3.31. The molecule has 4 nitrogen and oxygen atoms in total. The molecule has 0 aromatic heterocycles. The van der Waals surface area contributed by atoms with Gasteiger partial charge < -0.3 is 15.0 Å². The summed E-state index contributed by atoms with van der Waals surface area (Å²) in [5.74, 6) is 0.103. The van der Waals surface area contributed by atoms with Crippen molar-refractivity contribution in [1.29, 1.82) is 0 Å². The summed E-state index contributed by atoms with van der Waals surface area (Å²) in [6, 6.07) is 0.682. The van der Waals surface area contributed by atoms with E-state index in [1.807, 2.05) is 18.7 Å². The van der Waals surface area contributed by atoms with Gasteiger partial charge in [-0.05, 0) is 47.1 Å². The molecule has 1 fully saturated rings. The van der Waals surface area contributed by atoms with Gasteiger partial charge >= 0.3 is 0 Å². The summed E-state index contributed by atoms with van der Waals surface area (Å²) >= 11 is 0. The molecule has 1 saturated heterocycles. The van der Waals surface area contributed by atoms with Gasteiger partial charge in [-0.15, -0.1) is 0 Å². The van der Waals surface area contributed by atoms with Gasteiger partial charge in [0.1, 0.15) is 6.61 Å². The Morgan fingerprint density at radius 3 is 2.56 bits per heavy atom. The first-order valence-corrected chi connectivity index (χ1v) is 7.15. The summed E-state index contributed by atoms with van der Waals surface area (Å²) in [5.41, 5.74) is 0. The van der Waals surface area contributed by atoms with Crippen LogP contribution in [0.1, 0.15) is 47.0 Å². The van der Waals surface area contributed by atoms with Gasteiger partial charge in [-0.3, -0.25) is 4.79 Å². The maximum Gasteiger partial charge on any atom is 0.248 e. The fourth-order valence-corrected chi connectivity index (χ4v) is 2.24. The van der Waals surface area contributed by atoms with Crippen LogP contribution in [-0.4, -0.2) is 48.7 Å². The third kappa shape index (κ3) is 5.36. The van der Waals surface area contributed by atoms with Gasteiger partial charge in [0.25, 0.3) is 0 Å². The third-order valence-electron chi connectivity index (χ3n) is 3.31. The SMILES string of the molecule is CC(C)OCC(=O)N(CC1CCCCN1)C(C)C. The van der Waals surface area contributed by atoms with E-state index in [2.05, 4.69) is 19.2 Å². The molecule has 0 saturated carbocycles. The zero-order valence-corrected chi connectivity index (χ0v) is 12.2. The zero-order chi connectivity index (χ0) is 13.5. The van der Waals surface area contributed by atoms with E-state index < -0.39 is 0 Å². The van der Waals surface area contributed by atoms with Crippen LogP contribution in [0.2, 0.25) is 0 Å². The highest BCUT2D eigenvalue weighted by molar-refractivity contribution is 5.77. The second-order valence-electron chi connectivity index (χ2n) is 5.65. The zero-order valence-electron chi connectivity index (χ0n) is 12.2. The molecule has 1 aliphatic rings. The van der Waals surface area contributed by atoms with Crippen molar-refractivity contribution in [3.8, 4) is 0 Å². The molecule has 106 valence electrons. The Balaban J connectivity index is 2.44. The van der Waals surface area contributed by atoms with Crippen LogP contribution in [0.15, 0.2) is 0 Å². The number of carbonyl (C=O) groups excluding carboxylic acids is 1. The van der Waals surface area contributed by atoms with Crippen molar-refractivity contribution in [2.24, 2.45) is 0 Å². The van der Waals surface area contributed by atoms with Gasteiger partial charge in [0.2, 0.25) is 5.91 Å². The normalized spacial score (nSPS) is 20.4.